The molecule has 0 saturated heterocycles. The molecule has 0 aliphatic rings. The van der Waals surface area contributed by atoms with E-state index >= 15 is 0 Å². The summed E-state index contributed by atoms with van der Waals surface area (Å²) in [4.78, 5) is 6.62. The van der Waals surface area contributed by atoms with Crippen LogP contribution >= 0.6 is 11.3 Å². The molecular weight excluding hydrogens is 168 g/mol. The number of rotatable bonds is 4. The van der Waals surface area contributed by atoms with Gasteiger partial charge in [-0.05, 0) is 34.0 Å². The molecule has 2 nitrogen and oxygen atoms in total. The molecule has 0 bridgehead atoms. The Bertz CT molecular complexity index is 230. The molecule has 0 spiro atoms. The van der Waals surface area contributed by atoms with Gasteiger partial charge in [-0.15, -0.1) is 11.3 Å². The van der Waals surface area contributed by atoms with Gasteiger partial charge in [0.2, 0.25) is 0 Å². The molecule has 0 unspecified atom stereocenters. The Morgan fingerprint density at radius 1 is 1.50 bits per heavy atom. The first kappa shape index (κ1) is 9.68. The van der Waals surface area contributed by atoms with Gasteiger partial charge >= 0.3 is 0 Å². The minimum absolute atomic E-state index is 1.12. The minimum atomic E-state index is 1.12. The third kappa shape index (κ3) is 3.32. The van der Waals surface area contributed by atoms with Crippen molar-refractivity contribution in [3.05, 3.63) is 16.1 Å². The molecule has 0 radical (unpaired) electrons. The van der Waals surface area contributed by atoms with Crippen molar-refractivity contribution in [2.24, 2.45) is 0 Å². The molecule has 0 atom stereocenters. The van der Waals surface area contributed by atoms with Gasteiger partial charge in [0.15, 0.2) is 0 Å². The van der Waals surface area contributed by atoms with Gasteiger partial charge in [-0.2, -0.15) is 0 Å². The van der Waals surface area contributed by atoms with Gasteiger partial charge in [-0.25, -0.2) is 4.98 Å². The van der Waals surface area contributed by atoms with E-state index in [0.29, 0.717) is 0 Å². The summed E-state index contributed by atoms with van der Waals surface area (Å²) in [6.07, 6.45) is 2.33. The Morgan fingerprint density at radius 2 is 2.25 bits per heavy atom. The van der Waals surface area contributed by atoms with E-state index in [9.17, 15) is 0 Å². The maximum Gasteiger partial charge on any atom is 0.0928 e. The van der Waals surface area contributed by atoms with Crippen LogP contribution in [0.5, 0.6) is 0 Å². The average molecular weight is 184 g/mol. The van der Waals surface area contributed by atoms with Crippen molar-refractivity contribution in [1.82, 2.24) is 9.88 Å². The van der Waals surface area contributed by atoms with Gasteiger partial charge in [-0.1, -0.05) is 0 Å². The van der Waals surface area contributed by atoms with Crippen LogP contribution < -0.4 is 0 Å². The lowest BCUT2D eigenvalue weighted by Crippen LogP contribution is -2.13. The second kappa shape index (κ2) is 4.58. The topological polar surface area (TPSA) is 16.1 Å². The first-order chi connectivity index (χ1) is 5.68. The van der Waals surface area contributed by atoms with Crippen LogP contribution in [0.4, 0.5) is 0 Å². The fraction of sp³-hybridized carbons (Fsp3) is 0.667. The van der Waals surface area contributed by atoms with Crippen molar-refractivity contribution in [3.8, 4) is 0 Å². The van der Waals surface area contributed by atoms with E-state index in [-0.39, 0.29) is 0 Å². The van der Waals surface area contributed by atoms with E-state index in [1.54, 1.807) is 11.3 Å². The largest absolute Gasteiger partial charge is 0.309 e. The first-order valence-electron chi connectivity index (χ1n) is 4.24. The van der Waals surface area contributed by atoms with E-state index < -0.39 is 0 Å². The van der Waals surface area contributed by atoms with Crippen molar-refractivity contribution >= 4 is 11.3 Å². The van der Waals surface area contributed by atoms with Crippen LogP contribution in [0.15, 0.2) is 5.38 Å². The molecular formula is C9H16N2S. The maximum atomic E-state index is 4.41. The number of nitrogens with zero attached hydrogens (tertiary/aromatic N) is 2. The predicted octanol–water partition coefficient (Wildman–Crippen LogP) is 1.95. The number of hydrogen-bond donors (Lipinski definition) is 0. The monoisotopic (exact) mass is 184 g/mol. The Balaban J connectivity index is 2.24. The standard InChI is InChI=1S/C9H16N2S/c1-8-7-12-9(10-8)5-4-6-11(2)3/h7H,4-6H2,1-3H3. The van der Waals surface area contributed by atoms with Crippen LogP contribution in [0, 0.1) is 6.92 Å². The number of aromatic nitrogens is 1. The van der Waals surface area contributed by atoms with Crippen molar-refractivity contribution in [3.63, 3.8) is 0 Å². The molecule has 12 heavy (non-hydrogen) atoms. The molecule has 0 amide bonds. The lowest BCUT2D eigenvalue weighted by atomic mass is 10.3. The van der Waals surface area contributed by atoms with Crippen LogP contribution in [0.2, 0.25) is 0 Å². The zero-order chi connectivity index (χ0) is 8.97. The summed E-state index contributed by atoms with van der Waals surface area (Å²) in [7, 11) is 4.21. The van der Waals surface area contributed by atoms with Crippen LogP contribution in [0.3, 0.4) is 0 Å². The van der Waals surface area contributed by atoms with E-state index in [1.807, 2.05) is 6.92 Å². The van der Waals surface area contributed by atoms with Crippen LogP contribution in [0.1, 0.15) is 17.1 Å². The lowest BCUT2D eigenvalue weighted by Gasteiger charge is -2.07. The Morgan fingerprint density at radius 3 is 2.75 bits per heavy atom. The zero-order valence-corrected chi connectivity index (χ0v) is 8.82. The number of thiazole rings is 1. The summed E-state index contributed by atoms with van der Waals surface area (Å²) in [6.45, 7) is 3.20. The van der Waals surface area contributed by atoms with Crippen molar-refractivity contribution in [2.45, 2.75) is 19.8 Å². The highest BCUT2D eigenvalue weighted by Gasteiger charge is 1.98. The van der Waals surface area contributed by atoms with Gasteiger partial charge < -0.3 is 4.90 Å². The third-order valence-corrected chi connectivity index (χ3v) is 2.69. The van der Waals surface area contributed by atoms with E-state index in [4.69, 9.17) is 0 Å². The molecule has 68 valence electrons. The second-order valence-corrected chi connectivity index (χ2v) is 4.23. The maximum absolute atomic E-state index is 4.41. The van der Waals surface area contributed by atoms with E-state index in [0.717, 1.165) is 18.7 Å². The molecule has 0 aromatic carbocycles. The normalized spacial score (nSPS) is 11.0. The smallest absolute Gasteiger partial charge is 0.0928 e. The first-order valence-corrected chi connectivity index (χ1v) is 5.12. The summed E-state index contributed by atoms with van der Waals surface area (Å²) in [5.41, 5.74) is 1.15. The summed E-state index contributed by atoms with van der Waals surface area (Å²) < 4.78 is 0. The van der Waals surface area contributed by atoms with Gasteiger partial charge in [0.1, 0.15) is 0 Å². The van der Waals surface area contributed by atoms with Gasteiger partial charge in [0.05, 0.1) is 5.01 Å². The van der Waals surface area contributed by atoms with Crippen LogP contribution in [-0.2, 0) is 6.42 Å². The molecule has 0 aliphatic carbocycles. The SMILES string of the molecule is Cc1csc(CCCN(C)C)n1. The predicted molar refractivity (Wildman–Crippen MR) is 53.7 cm³/mol. The highest BCUT2D eigenvalue weighted by atomic mass is 32.1. The number of aryl methyl sites for hydroxylation is 2. The molecule has 3 heteroatoms. The molecule has 0 aliphatic heterocycles. The van der Waals surface area contributed by atoms with Crippen LogP contribution in [-0.4, -0.2) is 30.5 Å². The molecule has 0 N–H and O–H groups in total. The summed E-state index contributed by atoms with van der Waals surface area (Å²) in [5.74, 6) is 0. The average Bonchev–Trinajstić information content (AvgIpc) is 2.35. The molecule has 1 aromatic rings. The van der Waals surface area contributed by atoms with Crippen molar-refractivity contribution < 1.29 is 0 Å². The van der Waals surface area contributed by atoms with Crippen molar-refractivity contribution in [1.29, 1.82) is 0 Å². The Hall–Kier alpha value is -0.410. The second-order valence-electron chi connectivity index (χ2n) is 3.29. The third-order valence-electron chi connectivity index (χ3n) is 1.66. The quantitative estimate of drug-likeness (QED) is 0.711. The summed E-state index contributed by atoms with van der Waals surface area (Å²) >= 11 is 1.77. The zero-order valence-electron chi connectivity index (χ0n) is 8.00. The Labute approximate surface area is 78.2 Å². The lowest BCUT2D eigenvalue weighted by molar-refractivity contribution is 0.400. The fourth-order valence-corrected chi connectivity index (χ4v) is 1.88. The Kier molecular flexibility index (Phi) is 3.69. The van der Waals surface area contributed by atoms with Gasteiger partial charge in [0, 0.05) is 17.5 Å². The molecule has 1 heterocycles. The van der Waals surface area contributed by atoms with Gasteiger partial charge in [0.25, 0.3) is 0 Å². The molecule has 0 fully saturated rings. The highest BCUT2D eigenvalue weighted by molar-refractivity contribution is 7.09. The van der Waals surface area contributed by atoms with E-state index in [2.05, 4.69) is 29.4 Å². The summed E-state index contributed by atoms with van der Waals surface area (Å²) in [6, 6.07) is 0. The minimum Gasteiger partial charge on any atom is -0.309 e. The fourth-order valence-electron chi connectivity index (χ4n) is 1.06. The van der Waals surface area contributed by atoms with E-state index in [1.165, 1.54) is 11.4 Å². The number of hydrogen-bond acceptors (Lipinski definition) is 3. The molecule has 1 aromatic heterocycles. The molecule has 1 rings (SSSR count). The van der Waals surface area contributed by atoms with Crippen molar-refractivity contribution in [2.75, 3.05) is 20.6 Å². The molecule has 0 saturated carbocycles. The van der Waals surface area contributed by atoms with Crippen LogP contribution in [0.25, 0.3) is 0 Å². The highest BCUT2D eigenvalue weighted by Crippen LogP contribution is 2.10. The summed E-state index contributed by atoms with van der Waals surface area (Å²) in [5, 5.41) is 3.39. The van der Waals surface area contributed by atoms with Gasteiger partial charge in [-0.3, -0.25) is 0 Å².